The second-order valence-electron chi connectivity index (χ2n) is 11.8. The summed E-state index contributed by atoms with van der Waals surface area (Å²) in [5.74, 6) is 0.637. The van der Waals surface area contributed by atoms with E-state index in [9.17, 15) is 13.2 Å². The van der Waals surface area contributed by atoms with Gasteiger partial charge in [0.25, 0.3) is 5.91 Å². The number of amides is 1. The number of anilines is 1. The van der Waals surface area contributed by atoms with Crippen LogP contribution in [0, 0.1) is 0 Å². The smallest absolute Gasteiger partial charge is 0.254 e. The van der Waals surface area contributed by atoms with Crippen LogP contribution >= 0.6 is 12.6 Å². The number of carbonyl (C=O) groups excluding carboxylic acids is 1. The highest BCUT2D eigenvalue weighted by Gasteiger charge is 2.31. The average Bonchev–Trinajstić information content (AvgIpc) is 3.03. The van der Waals surface area contributed by atoms with Crippen molar-refractivity contribution >= 4 is 55.8 Å². The summed E-state index contributed by atoms with van der Waals surface area (Å²) in [5, 5.41) is 3.63. The Morgan fingerprint density at radius 3 is 2.45 bits per heavy atom. The molecule has 1 fully saturated rings. The van der Waals surface area contributed by atoms with E-state index in [4.69, 9.17) is 5.73 Å². The van der Waals surface area contributed by atoms with E-state index in [2.05, 4.69) is 22.3 Å². The van der Waals surface area contributed by atoms with Gasteiger partial charge in [0, 0.05) is 81.3 Å². The number of piperazine rings is 1. The Balaban J connectivity index is 1.24. The first-order valence-corrected chi connectivity index (χ1v) is 17.4. The number of fused-ring (bicyclic) bond motifs is 2. The van der Waals surface area contributed by atoms with Crippen LogP contribution in [-0.2, 0) is 10.0 Å². The van der Waals surface area contributed by atoms with Crippen LogP contribution in [0.15, 0.2) is 83.8 Å². The normalized spacial score (nSPS) is 16.8. The summed E-state index contributed by atoms with van der Waals surface area (Å²) in [7, 11) is 0.121. The van der Waals surface area contributed by atoms with E-state index in [1.165, 1.54) is 0 Å². The highest BCUT2D eigenvalue weighted by Crippen LogP contribution is 2.31. The average molecular weight is 634 g/mol. The fourth-order valence-electron chi connectivity index (χ4n) is 6.21. The first-order valence-electron chi connectivity index (χ1n) is 15.3. The molecule has 8 nitrogen and oxygen atoms in total. The van der Waals surface area contributed by atoms with Crippen LogP contribution in [0.2, 0.25) is 0 Å². The van der Waals surface area contributed by atoms with Crippen LogP contribution in [0.4, 0.5) is 5.69 Å². The van der Waals surface area contributed by atoms with Gasteiger partial charge in [0.1, 0.15) is 0 Å². The topological polar surface area (TPSA) is 99.0 Å². The lowest BCUT2D eigenvalue weighted by atomic mass is 10.0. The maximum Gasteiger partial charge on any atom is 0.254 e. The van der Waals surface area contributed by atoms with Gasteiger partial charge in [0.15, 0.2) is 0 Å². The van der Waals surface area contributed by atoms with Gasteiger partial charge in [-0.25, -0.2) is 13.1 Å². The number of carbonyl (C=O) groups is 1. The molecule has 0 bridgehead atoms. The number of hydrogen-bond acceptors (Lipinski definition) is 7. The largest absolute Gasteiger partial charge is 0.377 e. The van der Waals surface area contributed by atoms with E-state index in [1.54, 1.807) is 12.1 Å². The van der Waals surface area contributed by atoms with Crippen LogP contribution in [0.3, 0.4) is 0 Å². The Labute approximate surface area is 266 Å². The minimum atomic E-state index is -3.71. The van der Waals surface area contributed by atoms with Gasteiger partial charge >= 0.3 is 0 Å². The Morgan fingerprint density at radius 1 is 0.977 bits per heavy atom. The number of nitrogens with one attached hydrogen (secondary N) is 1. The molecule has 10 heteroatoms. The molecule has 0 aromatic heterocycles. The molecule has 1 amide bonds. The maximum atomic E-state index is 13.7. The van der Waals surface area contributed by atoms with Gasteiger partial charge < -0.3 is 15.5 Å². The monoisotopic (exact) mass is 633 g/mol. The van der Waals surface area contributed by atoms with Gasteiger partial charge in [0.05, 0.1) is 4.90 Å². The number of benzene rings is 4. The summed E-state index contributed by atoms with van der Waals surface area (Å²) in [6, 6.07) is 25.1. The molecule has 4 aromatic carbocycles. The second-order valence-corrected chi connectivity index (χ2v) is 13.9. The van der Waals surface area contributed by atoms with E-state index >= 15 is 0 Å². The second kappa shape index (κ2) is 14.3. The number of nitrogens with zero attached hydrogens (tertiary/aromatic N) is 3. The Bertz CT molecular complexity index is 1700. The first kappa shape index (κ1) is 32.2. The van der Waals surface area contributed by atoms with Gasteiger partial charge in [-0.15, -0.1) is 0 Å². The molecule has 1 aliphatic heterocycles. The van der Waals surface area contributed by atoms with E-state index < -0.39 is 10.0 Å². The molecule has 0 saturated carbocycles. The molecule has 1 aliphatic rings. The van der Waals surface area contributed by atoms with Crippen molar-refractivity contribution in [1.29, 1.82) is 0 Å². The fourth-order valence-corrected chi connectivity index (χ4v) is 7.64. The number of nitrogens with two attached hydrogens (primary N) is 1. The highest BCUT2D eigenvalue weighted by molar-refractivity contribution is 7.89. The highest BCUT2D eigenvalue weighted by atomic mass is 32.2. The summed E-state index contributed by atoms with van der Waals surface area (Å²) >= 11 is 4.39. The minimum Gasteiger partial charge on any atom is -0.377 e. The molecule has 1 saturated heterocycles. The van der Waals surface area contributed by atoms with E-state index in [-0.39, 0.29) is 18.0 Å². The third-order valence-corrected chi connectivity index (χ3v) is 10.5. The Hall–Kier alpha value is -3.15. The predicted octanol–water partition coefficient (Wildman–Crippen LogP) is 4.59. The predicted molar refractivity (Wildman–Crippen MR) is 184 cm³/mol. The van der Waals surface area contributed by atoms with E-state index in [1.807, 2.05) is 90.6 Å². The molecule has 0 aliphatic carbocycles. The summed E-state index contributed by atoms with van der Waals surface area (Å²) in [5.41, 5.74) is 7.87. The number of sulfonamides is 1. The van der Waals surface area contributed by atoms with Crippen molar-refractivity contribution in [3.63, 3.8) is 0 Å². The Morgan fingerprint density at radius 2 is 1.68 bits per heavy atom. The molecule has 234 valence electrons. The van der Waals surface area contributed by atoms with Crippen molar-refractivity contribution in [3.05, 3.63) is 84.4 Å². The molecular weight excluding hydrogens is 591 g/mol. The van der Waals surface area contributed by atoms with Crippen LogP contribution in [0.1, 0.15) is 29.6 Å². The van der Waals surface area contributed by atoms with E-state index in [0.29, 0.717) is 43.2 Å². The number of thiol groups is 1. The lowest BCUT2D eigenvalue weighted by molar-refractivity contribution is 0.0449. The van der Waals surface area contributed by atoms with Gasteiger partial charge in [-0.05, 0) is 47.2 Å². The molecule has 3 N–H and O–H groups in total. The van der Waals surface area contributed by atoms with Gasteiger partial charge in [-0.2, -0.15) is 12.6 Å². The lowest BCUT2D eigenvalue weighted by Gasteiger charge is -2.42. The minimum absolute atomic E-state index is 0.0462. The SMILES string of the molecule is CN(C)c1cccc2cccc(S(=O)(=O)NCCCC[C@H]3CN(C(=O)c4cccc5ccccc45)CCN3C[C@@H](N)CS)c12. The third kappa shape index (κ3) is 7.21. The summed E-state index contributed by atoms with van der Waals surface area (Å²) in [4.78, 5) is 20.3. The molecule has 44 heavy (non-hydrogen) atoms. The van der Waals surface area contributed by atoms with Crippen molar-refractivity contribution < 1.29 is 13.2 Å². The first-order chi connectivity index (χ1) is 21.2. The fraction of sp³-hybridized carbons (Fsp3) is 0.382. The van der Waals surface area contributed by atoms with Gasteiger partial charge in [-0.1, -0.05) is 67.1 Å². The quantitative estimate of drug-likeness (QED) is 0.156. The van der Waals surface area contributed by atoms with Gasteiger partial charge in [-0.3, -0.25) is 9.69 Å². The van der Waals surface area contributed by atoms with E-state index in [0.717, 1.165) is 52.2 Å². The summed E-state index contributed by atoms with van der Waals surface area (Å²) < 4.78 is 29.7. The lowest BCUT2D eigenvalue weighted by Crippen LogP contribution is -2.57. The maximum absolute atomic E-state index is 13.7. The third-order valence-electron chi connectivity index (χ3n) is 8.49. The Kier molecular flexibility index (Phi) is 10.5. The molecule has 2 atom stereocenters. The molecule has 1 heterocycles. The molecular formula is C34H43N5O3S2. The van der Waals surface area contributed by atoms with Crippen molar-refractivity contribution in [3.8, 4) is 0 Å². The molecule has 0 spiro atoms. The van der Waals surface area contributed by atoms with Crippen molar-refractivity contribution in [1.82, 2.24) is 14.5 Å². The number of unbranched alkanes of at least 4 members (excludes halogenated alkanes) is 1. The zero-order valence-electron chi connectivity index (χ0n) is 25.5. The molecule has 0 radical (unpaired) electrons. The van der Waals surface area contributed by atoms with Crippen LogP contribution in [0.25, 0.3) is 21.5 Å². The molecule has 0 unspecified atom stereocenters. The van der Waals surface area contributed by atoms with Crippen molar-refractivity contribution in [2.45, 2.75) is 36.2 Å². The number of rotatable bonds is 12. The summed E-state index contributed by atoms with van der Waals surface area (Å²) in [6.07, 6.45) is 2.33. The van der Waals surface area contributed by atoms with Gasteiger partial charge in [0.2, 0.25) is 10.0 Å². The molecule has 4 aromatic rings. The van der Waals surface area contributed by atoms with Crippen LogP contribution < -0.4 is 15.4 Å². The van der Waals surface area contributed by atoms with Crippen LogP contribution in [0.5, 0.6) is 0 Å². The number of hydrogen-bond donors (Lipinski definition) is 3. The zero-order valence-corrected chi connectivity index (χ0v) is 27.2. The van der Waals surface area contributed by atoms with Crippen molar-refractivity contribution in [2.75, 3.05) is 57.5 Å². The standard InChI is InChI=1S/C34H43N5O3S2/c1-37(2)31-17-8-12-26-13-9-18-32(33(26)31)44(41,42)36-19-6-5-14-28-23-39(21-20-38(28)22-27(35)24-43)34(40)30-16-7-11-25-10-3-4-15-29(25)30/h3-4,7-13,15-18,27-28,36,43H,5-6,14,19-24,35H2,1-2H3/t27-,28+/m1/s1. The zero-order chi connectivity index (χ0) is 31.3. The molecule has 5 rings (SSSR count). The summed E-state index contributed by atoms with van der Waals surface area (Å²) in [6.45, 7) is 3.04. The van der Waals surface area contributed by atoms with Crippen LogP contribution in [-0.4, -0.2) is 88.8 Å². The van der Waals surface area contributed by atoms with Crippen molar-refractivity contribution in [2.24, 2.45) is 5.73 Å².